The van der Waals surface area contributed by atoms with Gasteiger partial charge in [-0.3, -0.25) is 0 Å². The maximum Gasteiger partial charge on any atom is 0.323 e. The number of hydrogen-bond acceptors (Lipinski definition) is 3. The molecule has 0 aliphatic carbocycles. The zero-order chi connectivity index (χ0) is 22.3. The van der Waals surface area contributed by atoms with Crippen LogP contribution in [0.4, 0.5) is 21.9 Å². The molecular formula is C23H20ClN5O. The van der Waals surface area contributed by atoms with E-state index in [4.69, 9.17) is 14.3 Å². The van der Waals surface area contributed by atoms with Crippen molar-refractivity contribution in [2.75, 3.05) is 22.1 Å². The van der Waals surface area contributed by atoms with Gasteiger partial charge in [0.15, 0.2) is 0 Å². The molecule has 2 aromatic heterocycles. The van der Waals surface area contributed by atoms with Gasteiger partial charge in [-0.05, 0) is 48.4 Å². The van der Waals surface area contributed by atoms with Crippen LogP contribution in [0.2, 0.25) is 5.02 Å². The molecule has 6 nitrogen and oxygen atoms in total. The van der Waals surface area contributed by atoms with E-state index >= 15 is 0 Å². The number of halogens is 1. The van der Waals surface area contributed by atoms with Gasteiger partial charge in [0.25, 0.3) is 0 Å². The summed E-state index contributed by atoms with van der Waals surface area (Å²) in [6, 6.07) is 15.8. The summed E-state index contributed by atoms with van der Waals surface area (Å²) in [5.41, 5.74) is 3.99. The third-order valence-electron chi connectivity index (χ3n) is 5.10. The van der Waals surface area contributed by atoms with Crippen LogP contribution in [0.3, 0.4) is 0 Å². The quantitative estimate of drug-likeness (QED) is 0.413. The molecule has 4 aromatic rings. The van der Waals surface area contributed by atoms with Crippen LogP contribution in [0.5, 0.6) is 0 Å². The smallest absolute Gasteiger partial charge is 0.323 e. The highest BCUT2D eigenvalue weighted by Crippen LogP contribution is 2.35. The molecule has 7 heteroatoms. The van der Waals surface area contributed by atoms with E-state index in [1.165, 1.54) is 0 Å². The number of aromatic amines is 1. The third kappa shape index (κ3) is 3.46. The van der Waals surface area contributed by atoms with Crippen molar-refractivity contribution in [1.82, 2.24) is 9.97 Å². The molecule has 30 heavy (non-hydrogen) atoms. The molecule has 0 radical (unpaired) electrons. The Morgan fingerprint density at radius 1 is 1.13 bits per heavy atom. The van der Waals surface area contributed by atoms with Gasteiger partial charge in [-0.25, -0.2) is 9.78 Å². The molecular weight excluding hydrogens is 398 g/mol. The van der Waals surface area contributed by atoms with Crippen LogP contribution in [0.1, 0.15) is 13.9 Å². The van der Waals surface area contributed by atoms with Gasteiger partial charge >= 0.3 is 6.03 Å². The third-order valence-corrected chi connectivity index (χ3v) is 5.43. The summed E-state index contributed by atoms with van der Waals surface area (Å²) in [6.45, 7) is -1.27. The molecule has 2 amide bonds. The number of anilines is 3. The Labute approximate surface area is 181 Å². The lowest BCUT2D eigenvalue weighted by Gasteiger charge is -2.19. The number of aromatic nitrogens is 2. The molecule has 0 unspecified atom stereocenters. The first-order chi connectivity index (χ1) is 15.4. The lowest BCUT2D eigenvalue weighted by atomic mass is 10.1. The Kier molecular flexibility index (Phi) is 4.20. The van der Waals surface area contributed by atoms with Gasteiger partial charge in [0, 0.05) is 47.8 Å². The lowest BCUT2D eigenvalue weighted by Crippen LogP contribution is -2.20. The fourth-order valence-electron chi connectivity index (χ4n) is 3.70. The predicted molar refractivity (Wildman–Crippen MR) is 121 cm³/mol. The van der Waals surface area contributed by atoms with Gasteiger partial charge in [-0.15, -0.1) is 0 Å². The molecule has 1 aliphatic heterocycles. The van der Waals surface area contributed by atoms with Crippen molar-refractivity contribution in [1.29, 1.82) is 0 Å². The zero-order valence-electron chi connectivity index (χ0n) is 17.9. The maximum atomic E-state index is 12.6. The number of H-pyrrole nitrogens is 1. The van der Waals surface area contributed by atoms with Gasteiger partial charge in [0.2, 0.25) is 0 Å². The summed E-state index contributed by atoms with van der Waals surface area (Å²) >= 11 is 6.13. The van der Waals surface area contributed by atoms with Gasteiger partial charge in [-0.1, -0.05) is 29.8 Å². The largest absolute Gasteiger partial charge is 0.367 e. The summed E-state index contributed by atoms with van der Waals surface area (Å²) in [6.07, 6.45) is 3.96. The molecule has 3 N–H and O–H groups in total. The monoisotopic (exact) mass is 419 g/mol. The Morgan fingerprint density at radius 2 is 1.97 bits per heavy atom. The topological polar surface area (TPSA) is 73.0 Å². The van der Waals surface area contributed by atoms with Gasteiger partial charge < -0.3 is 20.5 Å². The summed E-state index contributed by atoms with van der Waals surface area (Å²) < 4.78 is 17.8. The fraction of sp³-hybridized carbons (Fsp3) is 0.130. The van der Waals surface area contributed by atoms with E-state index in [1.54, 1.807) is 47.6 Å². The van der Waals surface area contributed by atoms with E-state index in [1.807, 2.05) is 24.3 Å². The lowest BCUT2D eigenvalue weighted by molar-refractivity contribution is 0.262. The van der Waals surface area contributed by atoms with Crippen molar-refractivity contribution in [2.24, 2.45) is 0 Å². The Hall–Kier alpha value is -3.51. The van der Waals surface area contributed by atoms with Gasteiger partial charge in [0.1, 0.15) is 5.65 Å². The van der Waals surface area contributed by atoms with Crippen molar-refractivity contribution in [2.45, 2.75) is 12.9 Å². The second kappa shape index (κ2) is 7.72. The molecule has 0 saturated carbocycles. The van der Waals surface area contributed by atoms with E-state index in [9.17, 15) is 4.79 Å². The van der Waals surface area contributed by atoms with E-state index in [-0.39, 0.29) is 0 Å². The van der Waals surface area contributed by atoms with E-state index in [0.717, 1.165) is 16.6 Å². The minimum Gasteiger partial charge on any atom is -0.367 e. The highest BCUT2D eigenvalue weighted by Gasteiger charge is 2.23. The molecule has 0 atom stereocenters. The van der Waals surface area contributed by atoms with Crippen molar-refractivity contribution < 1.29 is 7.54 Å². The minimum absolute atomic E-state index is 0.407. The average molecular weight is 420 g/mol. The van der Waals surface area contributed by atoms with E-state index in [2.05, 4.69) is 20.6 Å². The first kappa shape index (κ1) is 16.3. The normalized spacial score (nSPS) is 14.2. The number of nitrogens with one attached hydrogen (secondary N) is 3. The molecule has 0 spiro atoms. The highest BCUT2D eigenvalue weighted by molar-refractivity contribution is 6.33. The molecule has 0 bridgehead atoms. The number of pyridine rings is 1. The highest BCUT2D eigenvalue weighted by atomic mass is 35.5. The number of carbonyl (C=O) groups is 1. The van der Waals surface area contributed by atoms with Crippen LogP contribution in [-0.2, 0) is 12.9 Å². The Bertz CT molecular complexity index is 1320. The van der Waals surface area contributed by atoms with Crippen molar-refractivity contribution >= 4 is 45.7 Å². The van der Waals surface area contributed by atoms with Crippen molar-refractivity contribution in [3.05, 3.63) is 83.1 Å². The number of rotatable bonds is 4. The first-order valence-electron chi connectivity index (χ1n) is 10.6. The Balaban J connectivity index is 1.42. The van der Waals surface area contributed by atoms with Crippen LogP contribution < -0.4 is 15.5 Å². The van der Waals surface area contributed by atoms with Gasteiger partial charge in [0.05, 0.1) is 13.5 Å². The summed E-state index contributed by atoms with van der Waals surface area (Å²) in [4.78, 5) is 21.6. The number of nitrogens with zero attached hydrogens (tertiary/aromatic N) is 2. The van der Waals surface area contributed by atoms with Crippen molar-refractivity contribution in [3.8, 4) is 0 Å². The predicted octanol–water partition coefficient (Wildman–Crippen LogP) is 5.42. The standard InChI is InChI=1S/C23H20ClN5O/c24-18-6-1-2-7-20(18)28-23(30)27-19-8-3-9-21-17(19)10-12-29(21)14-15-13-26-22-16(15)5-4-11-25-22/h1-9,11,13H,10,12,14H2,(H,25,26)(H2,27,28,30)/i14D2. The molecule has 5 rings (SSSR count). The van der Waals surface area contributed by atoms with Crippen LogP contribution in [0, 0.1) is 0 Å². The van der Waals surface area contributed by atoms with Crippen LogP contribution in [-0.4, -0.2) is 22.5 Å². The maximum absolute atomic E-state index is 12.6. The zero-order valence-corrected chi connectivity index (χ0v) is 16.7. The number of para-hydroxylation sites is 1. The molecule has 2 aromatic carbocycles. The van der Waals surface area contributed by atoms with Crippen molar-refractivity contribution in [3.63, 3.8) is 0 Å². The summed E-state index contributed by atoms with van der Waals surface area (Å²) in [5.74, 6) is 0. The molecule has 1 aliphatic rings. The SMILES string of the molecule is [2H]C([2H])(c1c[nH]c2ncccc12)N1CCc2c(NC(=O)Nc3ccccc3Cl)cccc21. The van der Waals surface area contributed by atoms with Gasteiger partial charge in [-0.2, -0.15) is 0 Å². The molecule has 3 heterocycles. The fourth-order valence-corrected chi connectivity index (χ4v) is 3.88. The molecule has 150 valence electrons. The Morgan fingerprint density at radius 3 is 2.87 bits per heavy atom. The second-order valence-corrected chi connectivity index (χ2v) is 7.38. The first-order valence-corrected chi connectivity index (χ1v) is 9.97. The average Bonchev–Trinajstić information content (AvgIpc) is 3.41. The minimum atomic E-state index is -1.76. The van der Waals surface area contributed by atoms with Crippen LogP contribution >= 0.6 is 11.6 Å². The number of amides is 2. The van der Waals surface area contributed by atoms with E-state index < -0.39 is 12.5 Å². The second-order valence-electron chi connectivity index (χ2n) is 6.98. The number of urea groups is 1. The summed E-state index contributed by atoms with van der Waals surface area (Å²) in [7, 11) is 0. The number of fused-ring (bicyclic) bond motifs is 2. The summed E-state index contributed by atoms with van der Waals surface area (Å²) in [5, 5.41) is 6.84. The van der Waals surface area contributed by atoms with Crippen LogP contribution in [0.25, 0.3) is 11.0 Å². The molecule has 0 saturated heterocycles. The van der Waals surface area contributed by atoms with Crippen LogP contribution in [0.15, 0.2) is 67.0 Å². The number of benzene rings is 2. The number of carbonyl (C=O) groups excluding carboxylic acids is 1. The molecule has 0 fully saturated rings. The number of hydrogen-bond donors (Lipinski definition) is 3. The van der Waals surface area contributed by atoms with E-state index in [0.29, 0.717) is 40.6 Å².